The molecule has 0 aliphatic heterocycles. The second-order valence-corrected chi connectivity index (χ2v) is 4.70. The first kappa shape index (κ1) is 14.8. The zero-order chi connectivity index (χ0) is 15.4. The van der Waals surface area contributed by atoms with E-state index in [4.69, 9.17) is 0 Å². The molecule has 2 heterocycles. The molecule has 110 valence electrons. The summed E-state index contributed by atoms with van der Waals surface area (Å²) in [5, 5.41) is 0. The first-order valence-corrected chi connectivity index (χ1v) is 6.43. The quantitative estimate of drug-likeness (QED) is 0.799. The summed E-state index contributed by atoms with van der Waals surface area (Å²) < 4.78 is 6.38. The van der Waals surface area contributed by atoms with Crippen molar-refractivity contribution in [3.8, 4) is 0 Å². The third-order valence-electron chi connectivity index (χ3n) is 3.15. The SMILES string of the molecule is COC(=O)c1ccc(CN(C)C(=O)c2cccn2C)nc1. The highest BCUT2D eigenvalue weighted by atomic mass is 16.5. The normalized spacial score (nSPS) is 10.2. The number of carbonyl (C=O) groups is 2. The number of methoxy groups -OCH3 is 1. The number of pyridine rings is 1. The van der Waals surface area contributed by atoms with Crippen LogP contribution in [0, 0.1) is 0 Å². The Kier molecular flexibility index (Phi) is 4.37. The molecular formula is C15H17N3O3. The monoisotopic (exact) mass is 287 g/mol. The van der Waals surface area contributed by atoms with E-state index >= 15 is 0 Å². The Balaban J connectivity index is 2.06. The molecule has 6 heteroatoms. The number of amides is 1. The number of hydrogen-bond acceptors (Lipinski definition) is 4. The molecule has 0 aliphatic rings. The molecule has 0 aromatic carbocycles. The largest absolute Gasteiger partial charge is 0.465 e. The lowest BCUT2D eigenvalue weighted by atomic mass is 10.2. The zero-order valence-electron chi connectivity index (χ0n) is 12.2. The van der Waals surface area contributed by atoms with Crippen molar-refractivity contribution in [1.82, 2.24) is 14.5 Å². The standard InChI is InChI=1S/C15H17N3O3/c1-17-8-4-5-13(17)14(19)18(2)10-12-7-6-11(9-16-12)15(20)21-3/h4-9H,10H2,1-3H3. The van der Waals surface area contributed by atoms with Crippen molar-refractivity contribution < 1.29 is 14.3 Å². The maximum atomic E-state index is 12.3. The Bertz CT molecular complexity index is 646. The van der Waals surface area contributed by atoms with E-state index in [-0.39, 0.29) is 5.91 Å². The molecule has 2 rings (SSSR count). The molecule has 0 fully saturated rings. The number of aryl methyl sites for hydroxylation is 1. The van der Waals surface area contributed by atoms with Crippen LogP contribution in [0.25, 0.3) is 0 Å². The minimum absolute atomic E-state index is 0.0821. The van der Waals surface area contributed by atoms with Crippen LogP contribution in [0.5, 0.6) is 0 Å². The number of ether oxygens (including phenoxy) is 1. The molecule has 0 saturated heterocycles. The van der Waals surface area contributed by atoms with Crippen molar-refractivity contribution in [1.29, 1.82) is 0 Å². The summed E-state index contributed by atoms with van der Waals surface area (Å²) in [5.74, 6) is -0.511. The van der Waals surface area contributed by atoms with Gasteiger partial charge in [-0.25, -0.2) is 4.79 Å². The van der Waals surface area contributed by atoms with Gasteiger partial charge in [-0.3, -0.25) is 9.78 Å². The predicted molar refractivity (Wildman–Crippen MR) is 76.8 cm³/mol. The van der Waals surface area contributed by atoms with Gasteiger partial charge in [0.1, 0.15) is 5.69 Å². The van der Waals surface area contributed by atoms with Gasteiger partial charge in [0, 0.05) is 26.5 Å². The molecule has 0 radical (unpaired) electrons. The maximum Gasteiger partial charge on any atom is 0.339 e. The first-order valence-electron chi connectivity index (χ1n) is 6.43. The molecular weight excluding hydrogens is 270 g/mol. The van der Waals surface area contributed by atoms with Crippen LogP contribution in [0.4, 0.5) is 0 Å². The van der Waals surface area contributed by atoms with Gasteiger partial charge in [0.25, 0.3) is 5.91 Å². The third kappa shape index (κ3) is 3.28. The maximum absolute atomic E-state index is 12.3. The predicted octanol–water partition coefficient (Wildman–Crippen LogP) is 1.48. The molecule has 0 atom stereocenters. The van der Waals surface area contributed by atoms with Crippen LogP contribution in [-0.2, 0) is 18.3 Å². The average molecular weight is 287 g/mol. The van der Waals surface area contributed by atoms with Gasteiger partial charge in [0.2, 0.25) is 0 Å². The number of aromatic nitrogens is 2. The van der Waals surface area contributed by atoms with E-state index in [2.05, 4.69) is 9.72 Å². The van der Waals surface area contributed by atoms with Gasteiger partial charge in [-0.2, -0.15) is 0 Å². The summed E-state index contributed by atoms with van der Waals surface area (Å²) in [5.41, 5.74) is 1.70. The van der Waals surface area contributed by atoms with E-state index in [0.29, 0.717) is 23.5 Å². The first-order chi connectivity index (χ1) is 10.0. The van der Waals surface area contributed by atoms with Gasteiger partial charge in [0.05, 0.1) is 24.9 Å². The van der Waals surface area contributed by atoms with Gasteiger partial charge < -0.3 is 14.2 Å². The minimum atomic E-state index is -0.428. The van der Waals surface area contributed by atoms with E-state index in [1.165, 1.54) is 13.3 Å². The van der Waals surface area contributed by atoms with Crippen molar-refractivity contribution in [2.24, 2.45) is 7.05 Å². The van der Waals surface area contributed by atoms with Gasteiger partial charge in [-0.15, -0.1) is 0 Å². The van der Waals surface area contributed by atoms with Crippen molar-refractivity contribution in [2.75, 3.05) is 14.2 Å². The summed E-state index contributed by atoms with van der Waals surface area (Å²) in [6, 6.07) is 6.94. The van der Waals surface area contributed by atoms with Gasteiger partial charge in [0.15, 0.2) is 0 Å². The van der Waals surface area contributed by atoms with Gasteiger partial charge in [-0.1, -0.05) is 0 Å². The molecule has 0 bridgehead atoms. The van der Waals surface area contributed by atoms with Crippen molar-refractivity contribution in [2.45, 2.75) is 6.54 Å². The Morgan fingerprint density at radius 1 is 1.33 bits per heavy atom. The number of carbonyl (C=O) groups excluding carboxylic acids is 2. The average Bonchev–Trinajstić information content (AvgIpc) is 2.92. The molecule has 0 aliphatic carbocycles. The minimum Gasteiger partial charge on any atom is -0.465 e. The number of rotatable bonds is 4. The number of esters is 1. The van der Waals surface area contributed by atoms with Crippen LogP contribution in [0.3, 0.4) is 0 Å². The molecule has 6 nitrogen and oxygen atoms in total. The van der Waals surface area contributed by atoms with Gasteiger partial charge >= 0.3 is 5.97 Å². The van der Waals surface area contributed by atoms with Crippen LogP contribution in [0.2, 0.25) is 0 Å². The summed E-state index contributed by atoms with van der Waals surface area (Å²) >= 11 is 0. The van der Waals surface area contributed by atoms with E-state index in [9.17, 15) is 9.59 Å². The second kappa shape index (κ2) is 6.21. The summed E-state index contributed by atoms with van der Waals surface area (Å²) in [7, 11) is 4.86. The fraction of sp³-hybridized carbons (Fsp3) is 0.267. The highest BCUT2D eigenvalue weighted by Crippen LogP contribution is 2.08. The Hall–Kier alpha value is -2.63. The van der Waals surface area contributed by atoms with Crippen LogP contribution in [-0.4, -0.2) is 40.5 Å². The molecule has 0 spiro atoms. The Labute approximate surface area is 123 Å². The number of nitrogens with zero attached hydrogens (tertiary/aromatic N) is 3. The fourth-order valence-electron chi connectivity index (χ4n) is 1.95. The third-order valence-corrected chi connectivity index (χ3v) is 3.15. The second-order valence-electron chi connectivity index (χ2n) is 4.70. The molecule has 0 unspecified atom stereocenters. The lowest BCUT2D eigenvalue weighted by Crippen LogP contribution is -2.28. The highest BCUT2D eigenvalue weighted by Gasteiger charge is 2.15. The van der Waals surface area contributed by atoms with E-state index in [0.717, 1.165) is 0 Å². The van der Waals surface area contributed by atoms with Crippen molar-refractivity contribution in [3.05, 3.63) is 53.6 Å². The van der Waals surface area contributed by atoms with Gasteiger partial charge in [-0.05, 0) is 24.3 Å². The Morgan fingerprint density at radius 2 is 2.10 bits per heavy atom. The molecule has 0 N–H and O–H groups in total. The lowest BCUT2D eigenvalue weighted by Gasteiger charge is -2.17. The number of hydrogen-bond donors (Lipinski definition) is 0. The van der Waals surface area contributed by atoms with E-state index in [1.54, 1.807) is 34.7 Å². The van der Waals surface area contributed by atoms with Crippen molar-refractivity contribution in [3.63, 3.8) is 0 Å². The van der Waals surface area contributed by atoms with E-state index < -0.39 is 5.97 Å². The summed E-state index contributed by atoms with van der Waals surface area (Å²) in [4.78, 5) is 29.3. The lowest BCUT2D eigenvalue weighted by molar-refractivity contribution is 0.0599. The molecule has 1 amide bonds. The van der Waals surface area contributed by atoms with Crippen LogP contribution in [0.1, 0.15) is 26.5 Å². The fourth-order valence-corrected chi connectivity index (χ4v) is 1.95. The summed E-state index contributed by atoms with van der Waals surface area (Å²) in [6.45, 7) is 0.367. The molecule has 2 aromatic rings. The molecule has 21 heavy (non-hydrogen) atoms. The molecule has 2 aromatic heterocycles. The topological polar surface area (TPSA) is 64.4 Å². The Morgan fingerprint density at radius 3 is 2.62 bits per heavy atom. The smallest absolute Gasteiger partial charge is 0.339 e. The van der Waals surface area contributed by atoms with Crippen LogP contribution >= 0.6 is 0 Å². The van der Waals surface area contributed by atoms with Crippen molar-refractivity contribution >= 4 is 11.9 Å². The van der Waals surface area contributed by atoms with Crippen LogP contribution < -0.4 is 0 Å². The molecule has 0 saturated carbocycles. The highest BCUT2D eigenvalue weighted by molar-refractivity contribution is 5.92. The van der Waals surface area contributed by atoms with E-state index in [1.807, 2.05) is 19.3 Å². The zero-order valence-corrected chi connectivity index (χ0v) is 12.2. The summed E-state index contributed by atoms with van der Waals surface area (Å²) in [6.07, 6.45) is 3.27. The van der Waals surface area contributed by atoms with Crippen LogP contribution in [0.15, 0.2) is 36.7 Å².